The number of nitrogens with zero attached hydrogens (tertiary/aromatic N) is 2. The van der Waals surface area contributed by atoms with Gasteiger partial charge < -0.3 is 19.6 Å². The lowest BCUT2D eigenvalue weighted by molar-refractivity contribution is -0.133. The van der Waals surface area contributed by atoms with Crippen molar-refractivity contribution in [3.05, 3.63) is 71.8 Å². The Morgan fingerprint density at radius 2 is 1.77 bits per heavy atom. The highest BCUT2D eigenvalue weighted by atomic mass is 32.2. The number of benzene rings is 3. The van der Waals surface area contributed by atoms with E-state index in [-0.39, 0.29) is 19.1 Å². The number of hydrogen-bond acceptors (Lipinski definition) is 7. The molecule has 0 radical (unpaired) electrons. The number of aliphatic imine (C=N–C) groups is 1. The van der Waals surface area contributed by atoms with Gasteiger partial charge in [-0.25, -0.2) is 4.99 Å². The topological polar surface area (TPSA) is 147 Å². The molecule has 4 N–H and O–H groups in total. The van der Waals surface area contributed by atoms with Crippen molar-refractivity contribution in [2.75, 3.05) is 13.1 Å². The molecule has 1 fully saturated rings. The molecule has 0 amide bonds. The van der Waals surface area contributed by atoms with Crippen LogP contribution in [-0.4, -0.2) is 50.2 Å². The molecule has 3 aromatic carbocycles. The van der Waals surface area contributed by atoms with Crippen LogP contribution >= 0.6 is 0 Å². The van der Waals surface area contributed by atoms with Gasteiger partial charge in [0, 0.05) is 44.5 Å². The maximum Gasteiger partial charge on any atom is 0.385 e. The van der Waals surface area contributed by atoms with Crippen LogP contribution in [0.5, 0.6) is 5.75 Å². The first-order valence-corrected chi connectivity index (χ1v) is 14.7. The number of hydrogen-bond donors (Lipinski definition) is 3. The van der Waals surface area contributed by atoms with E-state index in [1.807, 2.05) is 61.5 Å². The fourth-order valence-corrected chi connectivity index (χ4v) is 5.17. The highest BCUT2D eigenvalue weighted by Gasteiger charge is 2.20. The number of carbonyl (C=O) groups is 1. The van der Waals surface area contributed by atoms with Crippen LogP contribution in [0, 0.1) is 5.41 Å². The summed E-state index contributed by atoms with van der Waals surface area (Å²) in [7, 11) is -4.18. The fraction of sp³-hybridized carbons (Fsp3) is 0.345. The molecule has 0 saturated carbocycles. The summed E-state index contributed by atoms with van der Waals surface area (Å²) >= 11 is 0. The third-order valence-corrected chi connectivity index (χ3v) is 7.52. The van der Waals surface area contributed by atoms with Gasteiger partial charge in [-0.05, 0) is 66.1 Å². The van der Waals surface area contributed by atoms with Gasteiger partial charge in [-0.3, -0.25) is 10.2 Å². The Balaban J connectivity index is 1.39. The van der Waals surface area contributed by atoms with Crippen molar-refractivity contribution in [3.63, 3.8) is 0 Å². The van der Waals surface area contributed by atoms with Gasteiger partial charge in [0.15, 0.2) is 0 Å². The third-order valence-electron chi connectivity index (χ3n) is 6.62. The molecular weight excluding hydrogens is 530 g/mol. The molecule has 1 heterocycles. The number of piperidine rings is 1. The average molecular weight is 566 g/mol. The van der Waals surface area contributed by atoms with E-state index in [9.17, 15) is 13.2 Å². The van der Waals surface area contributed by atoms with Gasteiger partial charge in [0.25, 0.3) is 0 Å². The van der Waals surface area contributed by atoms with Crippen molar-refractivity contribution < 1.29 is 22.1 Å². The Morgan fingerprint density at radius 1 is 1.07 bits per heavy atom. The summed E-state index contributed by atoms with van der Waals surface area (Å²) in [5, 5.41) is 9.58. The molecule has 0 aromatic heterocycles. The summed E-state index contributed by atoms with van der Waals surface area (Å²) in [5.74, 6) is 0.931. The predicted octanol–water partition coefficient (Wildman–Crippen LogP) is 4.39. The molecule has 0 aliphatic carbocycles. The summed E-state index contributed by atoms with van der Waals surface area (Å²) in [4.78, 5) is 18.1. The molecule has 4 rings (SSSR count). The highest BCUT2D eigenvalue weighted by Crippen LogP contribution is 2.24. The summed E-state index contributed by atoms with van der Waals surface area (Å²) in [5.41, 5.74) is 8.45. The average Bonchev–Trinajstić information content (AvgIpc) is 2.92. The SMILES string of the molecule is CCCC(=O)OS(=O)(=O)NCc1ccc2ccc(C(N)=Nc3ccc(OC4CCN(C(C)=N)CC4)cc3)cc2c1. The zero-order valence-corrected chi connectivity index (χ0v) is 23.5. The molecule has 40 heavy (non-hydrogen) atoms. The second-order valence-corrected chi connectivity index (χ2v) is 11.1. The van der Waals surface area contributed by atoms with Crippen LogP contribution in [0.3, 0.4) is 0 Å². The number of nitrogens with one attached hydrogen (secondary N) is 2. The molecule has 10 nitrogen and oxygen atoms in total. The van der Waals surface area contributed by atoms with Crippen LogP contribution in [-0.2, 0) is 25.8 Å². The van der Waals surface area contributed by atoms with Gasteiger partial charge in [0.05, 0.1) is 11.5 Å². The molecule has 0 bridgehead atoms. The second-order valence-electron chi connectivity index (χ2n) is 9.76. The van der Waals surface area contributed by atoms with Gasteiger partial charge >= 0.3 is 16.3 Å². The first kappa shape index (κ1) is 29.0. The standard InChI is InChI=1S/C29H35N5O5S/c1-3-4-28(35)39-40(36,37)32-19-21-5-6-22-7-8-23(18-24(22)17-21)29(31)33-25-9-11-26(12-10-25)38-27-13-15-34(16-14-27)20(2)30/h5-12,17-18,27,30,32H,3-4,13-16,19H2,1-2H3,(H2,31,33). The third kappa shape index (κ3) is 8.03. The zero-order chi connectivity index (χ0) is 28.7. The quantitative estimate of drug-likeness (QED) is 0.244. The normalized spacial score (nSPS) is 14.8. The van der Waals surface area contributed by atoms with E-state index in [1.165, 1.54) is 0 Å². The Bertz CT molecular complexity index is 1500. The molecule has 0 atom stereocenters. The molecule has 0 unspecified atom stereocenters. The van der Waals surface area contributed by atoms with Crippen molar-refractivity contribution >= 4 is 44.4 Å². The van der Waals surface area contributed by atoms with E-state index in [2.05, 4.69) is 18.8 Å². The maximum atomic E-state index is 12.0. The second kappa shape index (κ2) is 12.9. The minimum Gasteiger partial charge on any atom is -0.490 e. The Kier molecular flexibility index (Phi) is 9.38. The van der Waals surface area contributed by atoms with Crippen molar-refractivity contribution in [1.29, 1.82) is 5.41 Å². The summed E-state index contributed by atoms with van der Waals surface area (Å²) in [6.45, 7) is 5.21. The lowest BCUT2D eigenvalue weighted by atomic mass is 10.0. The number of carbonyl (C=O) groups excluding carboxylic acids is 1. The first-order valence-electron chi connectivity index (χ1n) is 13.3. The lowest BCUT2D eigenvalue weighted by Crippen LogP contribution is -2.40. The van der Waals surface area contributed by atoms with Crippen molar-refractivity contribution in [2.24, 2.45) is 10.7 Å². The number of likely N-dealkylation sites (tertiary alicyclic amines) is 1. The number of rotatable bonds is 10. The molecule has 212 valence electrons. The molecule has 1 saturated heterocycles. The Morgan fingerprint density at radius 3 is 2.45 bits per heavy atom. The smallest absolute Gasteiger partial charge is 0.385 e. The summed E-state index contributed by atoms with van der Waals surface area (Å²) < 4.78 is 37.0. The first-order chi connectivity index (χ1) is 19.1. The minimum atomic E-state index is -4.18. The summed E-state index contributed by atoms with van der Waals surface area (Å²) in [6, 6.07) is 18.7. The highest BCUT2D eigenvalue weighted by molar-refractivity contribution is 7.85. The fourth-order valence-electron chi connectivity index (χ4n) is 4.44. The van der Waals surface area contributed by atoms with Gasteiger partial charge in [0.1, 0.15) is 17.7 Å². The van der Waals surface area contributed by atoms with Crippen LogP contribution in [0.15, 0.2) is 65.7 Å². The minimum absolute atomic E-state index is 0.0265. The van der Waals surface area contributed by atoms with Crippen molar-refractivity contribution in [3.8, 4) is 5.75 Å². The largest absolute Gasteiger partial charge is 0.490 e. The van der Waals surface area contributed by atoms with Gasteiger partial charge in [-0.15, -0.1) is 0 Å². The van der Waals surface area contributed by atoms with E-state index in [1.54, 1.807) is 13.0 Å². The van der Waals surface area contributed by atoms with Crippen LogP contribution in [0.1, 0.15) is 50.7 Å². The number of nitrogens with two attached hydrogens (primary N) is 1. The Labute approximate surface area is 234 Å². The molecule has 1 aliphatic heterocycles. The molecule has 0 spiro atoms. The van der Waals surface area contributed by atoms with Crippen LogP contribution in [0.4, 0.5) is 5.69 Å². The zero-order valence-electron chi connectivity index (χ0n) is 22.7. The van der Waals surface area contributed by atoms with Crippen LogP contribution in [0.2, 0.25) is 0 Å². The van der Waals surface area contributed by atoms with Gasteiger partial charge in [-0.1, -0.05) is 31.2 Å². The maximum absolute atomic E-state index is 12.0. The lowest BCUT2D eigenvalue weighted by Gasteiger charge is -2.32. The number of amidine groups is 2. The Hall–Kier alpha value is -3.96. The van der Waals surface area contributed by atoms with E-state index < -0.39 is 16.3 Å². The molecule has 3 aromatic rings. The molecule has 11 heteroatoms. The van der Waals surface area contributed by atoms with Gasteiger partial charge in [0.2, 0.25) is 0 Å². The summed E-state index contributed by atoms with van der Waals surface area (Å²) in [6.07, 6.45) is 2.42. The van der Waals surface area contributed by atoms with Crippen molar-refractivity contribution in [2.45, 2.75) is 52.2 Å². The van der Waals surface area contributed by atoms with Crippen LogP contribution < -0.4 is 15.2 Å². The predicted molar refractivity (Wildman–Crippen MR) is 156 cm³/mol. The van der Waals surface area contributed by atoms with E-state index in [0.29, 0.717) is 29.3 Å². The molecular formula is C29H35N5O5S. The van der Waals surface area contributed by atoms with E-state index in [0.717, 1.165) is 48.0 Å². The van der Waals surface area contributed by atoms with Gasteiger partial charge in [-0.2, -0.15) is 13.1 Å². The number of fused-ring (bicyclic) bond motifs is 1. The number of ether oxygens (including phenoxy) is 1. The monoisotopic (exact) mass is 565 g/mol. The van der Waals surface area contributed by atoms with E-state index >= 15 is 0 Å². The molecule has 1 aliphatic rings. The van der Waals surface area contributed by atoms with E-state index in [4.69, 9.17) is 15.9 Å². The van der Waals surface area contributed by atoms with Crippen LogP contribution in [0.25, 0.3) is 10.8 Å². The van der Waals surface area contributed by atoms with Crippen molar-refractivity contribution in [1.82, 2.24) is 9.62 Å².